The normalized spacial score (nSPS) is 18.0. The van der Waals surface area contributed by atoms with Crippen LogP contribution in [0.3, 0.4) is 0 Å². The molecule has 0 spiro atoms. The number of ether oxygens (including phenoxy) is 1. The van der Waals surface area contributed by atoms with E-state index in [1.54, 1.807) is 13.2 Å². The molecule has 1 N–H and O–H groups in total. The fourth-order valence-corrected chi connectivity index (χ4v) is 1.99. The lowest BCUT2D eigenvalue weighted by Crippen LogP contribution is -2.20. The van der Waals surface area contributed by atoms with Crippen molar-refractivity contribution in [1.82, 2.24) is 0 Å². The van der Waals surface area contributed by atoms with Crippen LogP contribution >= 0.6 is 0 Å². The molecule has 1 unspecified atom stereocenters. The molecule has 1 aliphatic rings. The summed E-state index contributed by atoms with van der Waals surface area (Å²) in [6, 6.07) is 3.92. The van der Waals surface area contributed by atoms with Crippen molar-refractivity contribution in [2.24, 2.45) is 0 Å². The number of hydrogen-bond acceptors (Lipinski definition) is 3. The second kappa shape index (κ2) is 3.00. The first-order chi connectivity index (χ1) is 6.69. The maximum Gasteiger partial charge on any atom is 0.137 e. The highest BCUT2D eigenvalue weighted by Crippen LogP contribution is 2.41. The zero-order chi connectivity index (χ0) is 10.3. The highest BCUT2D eigenvalue weighted by Gasteiger charge is 2.30. The molecule has 1 atom stereocenters. The van der Waals surface area contributed by atoms with Crippen LogP contribution in [0.25, 0.3) is 0 Å². The minimum atomic E-state index is -0.400. The molecular weight excluding hydrogens is 178 g/mol. The van der Waals surface area contributed by atoms with Crippen molar-refractivity contribution in [2.45, 2.75) is 19.4 Å². The molecule has 0 aliphatic heterocycles. The minimum Gasteiger partial charge on any atom is -0.495 e. The van der Waals surface area contributed by atoms with Gasteiger partial charge in [-0.2, -0.15) is 5.26 Å². The van der Waals surface area contributed by atoms with Crippen molar-refractivity contribution in [3.8, 4) is 11.8 Å². The molecule has 0 saturated carbocycles. The Bertz CT molecular complexity index is 432. The predicted octanol–water partition coefficient (Wildman–Crippen LogP) is 1.46. The van der Waals surface area contributed by atoms with Gasteiger partial charge in [0, 0.05) is 6.42 Å². The van der Waals surface area contributed by atoms with Crippen LogP contribution in [0.1, 0.15) is 28.4 Å². The average Bonchev–Trinajstić information content (AvgIpc) is 2.14. The predicted molar refractivity (Wildman–Crippen MR) is 51.1 cm³/mol. The molecular formula is C11H11NO2. The van der Waals surface area contributed by atoms with E-state index in [0.29, 0.717) is 17.7 Å². The van der Waals surface area contributed by atoms with E-state index in [-0.39, 0.29) is 0 Å². The first-order valence-corrected chi connectivity index (χ1v) is 4.47. The third kappa shape index (κ3) is 1.01. The van der Waals surface area contributed by atoms with Crippen LogP contribution in [0.5, 0.6) is 5.75 Å². The molecule has 14 heavy (non-hydrogen) atoms. The number of aliphatic hydroxyl groups excluding tert-OH is 1. The number of fused-ring (bicyclic) bond motifs is 1. The van der Waals surface area contributed by atoms with Gasteiger partial charge in [0.15, 0.2) is 0 Å². The van der Waals surface area contributed by atoms with E-state index in [1.165, 1.54) is 0 Å². The van der Waals surface area contributed by atoms with Gasteiger partial charge in [-0.05, 0) is 29.7 Å². The van der Waals surface area contributed by atoms with Crippen LogP contribution in [0, 0.1) is 18.3 Å². The molecule has 0 bridgehead atoms. The third-order valence-electron chi connectivity index (χ3n) is 2.71. The molecule has 2 rings (SSSR count). The van der Waals surface area contributed by atoms with Crippen LogP contribution in [0.2, 0.25) is 0 Å². The Morgan fingerprint density at radius 1 is 1.64 bits per heavy atom. The van der Waals surface area contributed by atoms with Crippen LogP contribution in [0.4, 0.5) is 0 Å². The smallest absolute Gasteiger partial charge is 0.137 e. The summed E-state index contributed by atoms with van der Waals surface area (Å²) >= 11 is 0. The summed E-state index contributed by atoms with van der Waals surface area (Å²) in [7, 11) is 1.55. The van der Waals surface area contributed by atoms with Crippen molar-refractivity contribution in [1.29, 1.82) is 5.26 Å². The number of benzene rings is 1. The van der Waals surface area contributed by atoms with Crippen molar-refractivity contribution in [3.05, 3.63) is 28.3 Å². The van der Waals surface area contributed by atoms with E-state index in [1.807, 2.05) is 6.92 Å². The fraction of sp³-hybridized carbons (Fsp3) is 0.364. The van der Waals surface area contributed by atoms with Gasteiger partial charge in [-0.15, -0.1) is 0 Å². The summed E-state index contributed by atoms with van der Waals surface area (Å²) in [5, 5.41) is 18.5. The molecule has 0 saturated heterocycles. The largest absolute Gasteiger partial charge is 0.495 e. The van der Waals surface area contributed by atoms with E-state index in [2.05, 4.69) is 6.07 Å². The van der Waals surface area contributed by atoms with Crippen molar-refractivity contribution >= 4 is 0 Å². The van der Waals surface area contributed by atoms with Gasteiger partial charge in [0.1, 0.15) is 11.8 Å². The Balaban J connectivity index is 2.67. The molecule has 0 aromatic heterocycles. The van der Waals surface area contributed by atoms with E-state index in [0.717, 1.165) is 16.7 Å². The fourth-order valence-electron chi connectivity index (χ4n) is 1.99. The van der Waals surface area contributed by atoms with Gasteiger partial charge in [0.2, 0.25) is 0 Å². The first kappa shape index (κ1) is 9.04. The number of rotatable bonds is 1. The van der Waals surface area contributed by atoms with Gasteiger partial charge in [-0.25, -0.2) is 0 Å². The van der Waals surface area contributed by atoms with Crippen molar-refractivity contribution < 1.29 is 9.84 Å². The summed E-state index contributed by atoms with van der Waals surface area (Å²) in [6.45, 7) is 1.92. The Morgan fingerprint density at radius 2 is 2.36 bits per heavy atom. The van der Waals surface area contributed by atoms with Crippen LogP contribution in [0.15, 0.2) is 6.07 Å². The number of aliphatic hydroxyl groups is 1. The first-order valence-electron chi connectivity index (χ1n) is 4.47. The SMILES string of the molecule is COc1cc(C)c2c(c1C#N)CC2O. The summed E-state index contributed by atoms with van der Waals surface area (Å²) in [5.41, 5.74) is 3.41. The molecule has 1 aromatic carbocycles. The molecule has 72 valence electrons. The average molecular weight is 189 g/mol. The second-order valence-corrected chi connectivity index (χ2v) is 3.49. The van der Waals surface area contributed by atoms with Gasteiger partial charge in [-0.1, -0.05) is 0 Å². The molecule has 0 fully saturated rings. The number of aryl methyl sites for hydroxylation is 1. The molecule has 0 radical (unpaired) electrons. The molecule has 1 aromatic rings. The van der Waals surface area contributed by atoms with Crippen LogP contribution in [-0.2, 0) is 6.42 Å². The molecule has 3 nitrogen and oxygen atoms in total. The van der Waals surface area contributed by atoms with E-state index >= 15 is 0 Å². The van der Waals surface area contributed by atoms with Crippen molar-refractivity contribution in [3.63, 3.8) is 0 Å². The highest BCUT2D eigenvalue weighted by atomic mass is 16.5. The highest BCUT2D eigenvalue weighted by molar-refractivity contribution is 5.60. The zero-order valence-electron chi connectivity index (χ0n) is 8.16. The van der Waals surface area contributed by atoms with E-state index < -0.39 is 6.10 Å². The lowest BCUT2D eigenvalue weighted by atomic mass is 9.79. The molecule has 0 amide bonds. The number of nitriles is 1. The summed E-state index contributed by atoms with van der Waals surface area (Å²) < 4.78 is 5.12. The van der Waals surface area contributed by atoms with Crippen LogP contribution < -0.4 is 4.74 Å². The monoisotopic (exact) mass is 189 g/mol. The van der Waals surface area contributed by atoms with Gasteiger partial charge in [-0.3, -0.25) is 0 Å². The standard InChI is InChI=1S/C11H11NO2/c1-6-3-10(14-2)8(5-12)7-4-9(13)11(6)7/h3,9,13H,4H2,1-2H3. The molecule has 0 heterocycles. The lowest BCUT2D eigenvalue weighted by molar-refractivity contribution is 0.152. The summed E-state index contributed by atoms with van der Waals surface area (Å²) in [4.78, 5) is 0. The number of nitrogens with zero attached hydrogens (tertiary/aromatic N) is 1. The number of hydrogen-bond donors (Lipinski definition) is 1. The Hall–Kier alpha value is -1.53. The van der Waals surface area contributed by atoms with Gasteiger partial charge in [0.05, 0.1) is 18.8 Å². The van der Waals surface area contributed by atoms with Crippen molar-refractivity contribution in [2.75, 3.05) is 7.11 Å². The van der Waals surface area contributed by atoms with E-state index in [9.17, 15) is 5.11 Å². The molecule has 1 aliphatic carbocycles. The maximum atomic E-state index is 9.51. The topological polar surface area (TPSA) is 53.2 Å². The van der Waals surface area contributed by atoms with E-state index in [4.69, 9.17) is 10.00 Å². The molecule has 3 heteroatoms. The quantitative estimate of drug-likeness (QED) is 0.727. The van der Waals surface area contributed by atoms with Gasteiger partial charge in [0.25, 0.3) is 0 Å². The maximum absolute atomic E-state index is 9.51. The van der Waals surface area contributed by atoms with Gasteiger partial charge >= 0.3 is 0 Å². The Morgan fingerprint density at radius 3 is 2.86 bits per heavy atom. The Labute approximate surface area is 82.6 Å². The number of methoxy groups -OCH3 is 1. The summed E-state index contributed by atoms with van der Waals surface area (Å²) in [6.07, 6.45) is 0.166. The third-order valence-corrected chi connectivity index (χ3v) is 2.71. The lowest BCUT2D eigenvalue weighted by Gasteiger charge is -2.29. The van der Waals surface area contributed by atoms with Crippen LogP contribution in [-0.4, -0.2) is 12.2 Å². The zero-order valence-corrected chi connectivity index (χ0v) is 8.16. The van der Waals surface area contributed by atoms with Gasteiger partial charge < -0.3 is 9.84 Å². The minimum absolute atomic E-state index is 0.400. The Kier molecular flexibility index (Phi) is 1.94. The summed E-state index contributed by atoms with van der Waals surface area (Å²) in [5.74, 6) is 0.607. The second-order valence-electron chi connectivity index (χ2n) is 3.49.